The lowest BCUT2D eigenvalue weighted by atomic mass is 9.91. The van der Waals surface area contributed by atoms with Crippen LogP contribution in [0.1, 0.15) is 58.6 Å². The number of hydrogen-bond donors (Lipinski definition) is 3. The van der Waals surface area contributed by atoms with Gasteiger partial charge in [-0.3, -0.25) is 4.99 Å². The monoisotopic (exact) mass is 304 g/mol. The fourth-order valence-corrected chi connectivity index (χ4v) is 2.55. The van der Waals surface area contributed by atoms with Crippen LogP contribution < -0.4 is 16.4 Å². The van der Waals surface area contributed by atoms with Crippen molar-refractivity contribution in [1.82, 2.24) is 10.6 Å². The van der Waals surface area contributed by atoms with Crippen molar-refractivity contribution in [2.75, 3.05) is 13.1 Å². The SMILES string of the molecule is CCCNC(N)=NCC(CC)(CC)NC(C)c1ccccc1. The van der Waals surface area contributed by atoms with E-state index in [1.165, 1.54) is 5.56 Å². The Labute approximate surface area is 135 Å². The smallest absolute Gasteiger partial charge is 0.188 e. The summed E-state index contributed by atoms with van der Waals surface area (Å²) in [5.74, 6) is 0.544. The molecule has 0 aliphatic heterocycles. The quantitative estimate of drug-likeness (QED) is 0.485. The molecule has 0 aromatic heterocycles. The van der Waals surface area contributed by atoms with Crippen LogP contribution in [0.25, 0.3) is 0 Å². The highest BCUT2D eigenvalue weighted by atomic mass is 15.1. The molecule has 1 aromatic rings. The predicted octanol–water partition coefficient (Wildman–Crippen LogP) is 3.21. The summed E-state index contributed by atoms with van der Waals surface area (Å²) in [7, 11) is 0. The van der Waals surface area contributed by atoms with Gasteiger partial charge in [0, 0.05) is 18.1 Å². The van der Waals surface area contributed by atoms with Gasteiger partial charge in [-0.25, -0.2) is 0 Å². The molecule has 124 valence electrons. The number of hydrogen-bond acceptors (Lipinski definition) is 2. The molecule has 1 atom stereocenters. The number of benzene rings is 1. The van der Waals surface area contributed by atoms with E-state index in [1.54, 1.807) is 0 Å². The van der Waals surface area contributed by atoms with Crippen LogP contribution in [0.4, 0.5) is 0 Å². The zero-order chi connectivity index (χ0) is 16.4. The van der Waals surface area contributed by atoms with Crippen LogP contribution >= 0.6 is 0 Å². The minimum Gasteiger partial charge on any atom is -0.370 e. The molecule has 0 saturated carbocycles. The largest absolute Gasteiger partial charge is 0.370 e. The van der Waals surface area contributed by atoms with Crippen LogP contribution in [-0.2, 0) is 0 Å². The Morgan fingerprint density at radius 2 is 1.82 bits per heavy atom. The maximum atomic E-state index is 5.93. The van der Waals surface area contributed by atoms with Gasteiger partial charge in [0.2, 0.25) is 0 Å². The number of nitrogens with zero attached hydrogens (tertiary/aromatic N) is 1. The van der Waals surface area contributed by atoms with Gasteiger partial charge in [0.25, 0.3) is 0 Å². The molecule has 0 fully saturated rings. The van der Waals surface area contributed by atoms with Crippen molar-refractivity contribution in [3.05, 3.63) is 35.9 Å². The van der Waals surface area contributed by atoms with Crippen LogP contribution in [0.3, 0.4) is 0 Å². The molecule has 4 nitrogen and oxygen atoms in total. The summed E-state index contributed by atoms with van der Waals surface area (Å²) < 4.78 is 0. The highest BCUT2D eigenvalue weighted by molar-refractivity contribution is 5.77. The average Bonchev–Trinajstić information content (AvgIpc) is 2.57. The Hall–Kier alpha value is -1.55. The number of nitrogens with one attached hydrogen (secondary N) is 2. The van der Waals surface area contributed by atoms with Gasteiger partial charge in [-0.2, -0.15) is 0 Å². The fourth-order valence-electron chi connectivity index (χ4n) is 2.55. The zero-order valence-electron chi connectivity index (χ0n) is 14.5. The van der Waals surface area contributed by atoms with E-state index in [9.17, 15) is 0 Å². The van der Waals surface area contributed by atoms with Crippen molar-refractivity contribution in [2.45, 2.75) is 58.5 Å². The van der Waals surface area contributed by atoms with Crippen molar-refractivity contribution < 1.29 is 0 Å². The summed E-state index contributed by atoms with van der Waals surface area (Å²) in [5.41, 5.74) is 7.21. The van der Waals surface area contributed by atoms with Crippen molar-refractivity contribution in [3.8, 4) is 0 Å². The van der Waals surface area contributed by atoms with E-state index in [-0.39, 0.29) is 5.54 Å². The van der Waals surface area contributed by atoms with Crippen molar-refractivity contribution in [3.63, 3.8) is 0 Å². The number of aliphatic imine (C=N–C) groups is 1. The van der Waals surface area contributed by atoms with Gasteiger partial charge in [0.05, 0.1) is 6.54 Å². The highest BCUT2D eigenvalue weighted by Gasteiger charge is 2.27. The molecular weight excluding hydrogens is 272 g/mol. The Bertz CT molecular complexity index is 438. The van der Waals surface area contributed by atoms with Crippen LogP contribution in [0.5, 0.6) is 0 Å². The Morgan fingerprint density at radius 3 is 2.36 bits per heavy atom. The molecule has 0 amide bonds. The van der Waals surface area contributed by atoms with Gasteiger partial charge >= 0.3 is 0 Å². The van der Waals surface area contributed by atoms with Gasteiger partial charge in [-0.15, -0.1) is 0 Å². The molecule has 0 heterocycles. The second-order valence-electron chi connectivity index (χ2n) is 5.89. The average molecular weight is 304 g/mol. The molecule has 4 heteroatoms. The number of nitrogens with two attached hydrogens (primary N) is 1. The topological polar surface area (TPSA) is 62.4 Å². The Morgan fingerprint density at radius 1 is 1.18 bits per heavy atom. The molecule has 1 aromatic carbocycles. The van der Waals surface area contributed by atoms with Gasteiger partial charge in [0.15, 0.2) is 5.96 Å². The third-order valence-corrected chi connectivity index (χ3v) is 4.28. The summed E-state index contributed by atoms with van der Waals surface area (Å²) in [6.07, 6.45) is 3.09. The fraction of sp³-hybridized carbons (Fsp3) is 0.611. The standard InChI is InChI=1S/C18H32N4/c1-5-13-20-17(19)21-14-18(6-2,7-3)22-15(4)16-11-9-8-10-12-16/h8-12,15,22H,5-7,13-14H2,1-4H3,(H3,19,20,21). The first-order valence-electron chi connectivity index (χ1n) is 8.43. The molecule has 4 N–H and O–H groups in total. The normalized spacial score (nSPS) is 13.9. The first kappa shape index (κ1) is 18.5. The molecule has 0 bridgehead atoms. The second kappa shape index (κ2) is 9.46. The van der Waals surface area contributed by atoms with Crippen molar-refractivity contribution in [2.24, 2.45) is 10.7 Å². The molecule has 0 radical (unpaired) electrons. The van der Waals surface area contributed by atoms with E-state index in [1.807, 2.05) is 6.07 Å². The maximum absolute atomic E-state index is 5.93. The molecule has 0 aliphatic carbocycles. The van der Waals surface area contributed by atoms with Crippen LogP contribution in [0, 0.1) is 0 Å². The van der Waals surface area contributed by atoms with Crippen LogP contribution in [-0.4, -0.2) is 24.6 Å². The lowest BCUT2D eigenvalue weighted by Gasteiger charge is -2.35. The maximum Gasteiger partial charge on any atom is 0.188 e. The zero-order valence-corrected chi connectivity index (χ0v) is 14.5. The summed E-state index contributed by atoms with van der Waals surface area (Å²) >= 11 is 0. The lowest BCUT2D eigenvalue weighted by Crippen LogP contribution is -2.49. The predicted molar refractivity (Wildman–Crippen MR) is 96.1 cm³/mol. The van der Waals surface area contributed by atoms with Crippen molar-refractivity contribution in [1.29, 1.82) is 0 Å². The van der Waals surface area contributed by atoms with Gasteiger partial charge in [-0.05, 0) is 31.7 Å². The number of guanidine groups is 1. The first-order chi connectivity index (χ1) is 10.6. The summed E-state index contributed by atoms with van der Waals surface area (Å²) in [6, 6.07) is 10.8. The van der Waals surface area contributed by atoms with E-state index in [0.717, 1.165) is 25.8 Å². The second-order valence-corrected chi connectivity index (χ2v) is 5.89. The van der Waals surface area contributed by atoms with E-state index in [2.05, 4.69) is 67.6 Å². The summed E-state index contributed by atoms with van der Waals surface area (Å²) in [4.78, 5) is 4.54. The van der Waals surface area contributed by atoms with E-state index >= 15 is 0 Å². The number of rotatable bonds is 9. The van der Waals surface area contributed by atoms with E-state index in [4.69, 9.17) is 5.73 Å². The molecule has 0 aliphatic rings. The van der Waals surface area contributed by atoms with Gasteiger partial charge < -0.3 is 16.4 Å². The minimum absolute atomic E-state index is 0.0201. The first-order valence-corrected chi connectivity index (χ1v) is 8.43. The molecular formula is C18H32N4. The Kier molecular flexibility index (Phi) is 7.96. The van der Waals surface area contributed by atoms with E-state index in [0.29, 0.717) is 18.5 Å². The minimum atomic E-state index is -0.0201. The third kappa shape index (κ3) is 5.68. The van der Waals surface area contributed by atoms with Crippen molar-refractivity contribution >= 4 is 5.96 Å². The summed E-state index contributed by atoms with van der Waals surface area (Å²) in [5, 5.41) is 6.91. The van der Waals surface area contributed by atoms with Crippen LogP contribution in [0.2, 0.25) is 0 Å². The van der Waals surface area contributed by atoms with Gasteiger partial charge in [-0.1, -0.05) is 51.1 Å². The third-order valence-electron chi connectivity index (χ3n) is 4.28. The lowest BCUT2D eigenvalue weighted by molar-refractivity contribution is 0.281. The van der Waals surface area contributed by atoms with Gasteiger partial charge in [0.1, 0.15) is 0 Å². The highest BCUT2D eigenvalue weighted by Crippen LogP contribution is 2.22. The molecule has 0 saturated heterocycles. The van der Waals surface area contributed by atoms with Crippen LogP contribution in [0.15, 0.2) is 35.3 Å². The molecule has 1 unspecified atom stereocenters. The molecule has 0 spiro atoms. The molecule has 1 rings (SSSR count). The Balaban J connectivity index is 2.74. The molecule has 22 heavy (non-hydrogen) atoms. The van der Waals surface area contributed by atoms with E-state index < -0.39 is 0 Å². The summed E-state index contributed by atoms with van der Waals surface area (Å²) in [6.45, 7) is 10.3.